The summed E-state index contributed by atoms with van der Waals surface area (Å²) in [5.41, 5.74) is 0. The Kier molecular flexibility index (Phi) is 7.07. The molecule has 1 unspecified atom stereocenters. The van der Waals surface area contributed by atoms with Gasteiger partial charge in [-0.3, -0.25) is 0 Å². The van der Waals surface area contributed by atoms with Gasteiger partial charge < -0.3 is 25.2 Å². The van der Waals surface area contributed by atoms with Crippen molar-refractivity contribution in [2.24, 2.45) is 0 Å². The van der Waals surface area contributed by atoms with E-state index >= 15 is 0 Å². The van der Waals surface area contributed by atoms with Gasteiger partial charge in [0.2, 0.25) is 0 Å². The van der Waals surface area contributed by atoms with Crippen LogP contribution in [0.5, 0.6) is 0 Å². The zero-order chi connectivity index (χ0) is 14.5. The van der Waals surface area contributed by atoms with E-state index in [0.717, 1.165) is 25.7 Å². The van der Waals surface area contributed by atoms with Gasteiger partial charge in [0.15, 0.2) is 0 Å². The summed E-state index contributed by atoms with van der Waals surface area (Å²) >= 11 is 4.33. The van der Waals surface area contributed by atoms with Gasteiger partial charge in [0.1, 0.15) is 29.3 Å². The van der Waals surface area contributed by atoms with Gasteiger partial charge in [0.05, 0.1) is 6.61 Å². The number of thiol groups is 1. The van der Waals surface area contributed by atoms with E-state index < -0.39 is 36.0 Å². The molecule has 5 atom stereocenters. The Morgan fingerprint density at radius 2 is 1.68 bits per heavy atom. The third-order valence-corrected chi connectivity index (χ3v) is 4.28. The lowest BCUT2D eigenvalue weighted by molar-refractivity contribution is -0.243. The van der Waals surface area contributed by atoms with Crippen molar-refractivity contribution in [3.8, 4) is 0 Å². The molecule has 6 heteroatoms. The molecule has 1 fully saturated rings. The van der Waals surface area contributed by atoms with Crippen LogP contribution >= 0.6 is 12.6 Å². The lowest BCUT2D eigenvalue weighted by atomic mass is 9.91. The molecule has 1 rings (SSSR count). The lowest BCUT2D eigenvalue weighted by Crippen LogP contribution is -2.62. The largest absolute Gasteiger partial charge is 0.394 e. The number of rotatable bonds is 7. The van der Waals surface area contributed by atoms with Gasteiger partial charge in [-0.2, -0.15) is 0 Å². The van der Waals surface area contributed by atoms with Gasteiger partial charge in [0.25, 0.3) is 0 Å². The molecule has 1 saturated heterocycles. The van der Waals surface area contributed by atoms with Gasteiger partial charge in [-0.1, -0.05) is 32.6 Å². The summed E-state index contributed by atoms with van der Waals surface area (Å²) in [7, 11) is 0. The van der Waals surface area contributed by atoms with E-state index in [-0.39, 0.29) is 0 Å². The molecule has 5 nitrogen and oxygen atoms in total. The highest BCUT2D eigenvalue weighted by molar-refractivity contribution is 7.81. The predicted molar refractivity (Wildman–Crippen MR) is 75.1 cm³/mol. The van der Waals surface area contributed by atoms with Crippen LogP contribution < -0.4 is 0 Å². The zero-order valence-electron chi connectivity index (χ0n) is 11.4. The van der Waals surface area contributed by atoms with Gasteiger partial charge >= 0.3 is 0 Å². The first-order chi connectivity index (χ1) is 8.96. The van der Waals surface area contributed by atoms with Crippen LogP contribution in [0.3, 0.4) is 0 Å². The van der Waals surface area contributed by atoms with Crippen molar-refractivity contribution in [3.05, 3.63) is 0 Å². The van der Waals surface area contributed by atoms with Crippen LogP contribution in [0, 0.1) is 0 Å². The Morgan fingerprint density at radius 1 is 1.05 bits per heavy atom. The maximum absolute atomic E-state index is 9.99. The minimum Gasteiger partial charge on any atom is -0.394 e. The molecule has 1 heterocycles. The average Bonchev–Trinajstić information content (AvgIpc) is 2.41. The Balaban J connectivity index is 2.52. The van der Waals surface area contributed by atoms with E-state index in [4.69, 9.17) is 9.84 Å². The molecule has 0 aliphatic carbocycles. The summed E-state index contributed by atoms with van der Waals surface area (Å²) in [6.07, 6.45) is 0.931. The van der Waals surface area contributed by atoms with E-state index in [0.29, 0.717) is 6.42 Å². The van der Waals surface area contributed by atoms with Crippen molar-refractivity contribution in [1.29, 1.82) is 0 Å². The molecule has 4 N–H and O–H groups in total. The van der Waals surface area contributed by atoms with E-state index in [1.807, 2.05) is 0 Å². The summed E-state index contributed by atoms with van der Waals surface area (Å²) in [6, 6.07) is 0. The molecule has 0 amide bonds. The molecule has 0 saturated carbocycles. The molecule has 19 heavy (non-hydrogen) atoms. The minimum absolute atomic E-state index is 0.414. The number of aliphatic hydroxyl groups excluding tert-OH is 4. The third-order valence-electron chi connectivity index (χ3n) is 3.69. The highest BCUT2D eigenvalue weighted by Gasteiger charge is 2.50. The summed E-state index contributed by atoms with van der Waals surface area (Å²) in [5, 5.41) is 38.6. The lowest BCUT2D eigenvalue weighted by Gasteiger charge is -2.46. The first kappa shape index (κ1) is 17.2. The summed E-state index contributed by atoms with van der Waals surface area (Å²) < 4.78 is 5.48. The fourth-order valence-electron chi connectivity index (χ4n) is 2.41. The van der Waals surface area contributed by atoms with E-state index in [2.05, 4.69) is 19.6 Å². The van der Waals surface area contributed by atoms with Crippen LogP contribution in [-0.4, -0.2) is 56.4 Å². The number of ether oxygens (including phenoxy) is 1. The SMILES string of the molecule is CCCCCCCC1(S)O[C@@H](CO)[C@H](O)[C@@H](O)[C@@H]1O. The van der Waals surface area contributed by atoms with Crippen LogP contribution in [0.1, 0.15) is 45.4 Å². The zero-order valence-corrected chi connectivity index (χ0v) is 12.3. The van der Waals surface area contributed by atoms with Crippen molar-refractivity contribution < 1.29 is 25.2 Å². The maximum atomic E-state index is 9.99. The van der Waals surface area contributed by atoms with E-state index in [9.17, 15) is 15.3 Å². The number of unbranched alkanes of at least 4 members (excludes halogenated alkanes) is 4. The van der Waals surface area contributed by atoms with Crippen molar-refractivity contribution in [3.63, 3.8) is 0 Å². The molecule has 0 aromatic heterocycles. The molecule has 0 aromatic carbocycles. The standard InChI is InChI=1S/C13H26O5S/c1-2-3-4-5-6-7-13(19)12(17)11(16)10(15)9(8-14)18-13/h9-12,14-17,19H,2-8H2,1H3/t9-,10-,11+,12-,13?/m0/s1. The normalized spacial score (nSPS) is 39.5. The third kappa shape index (κ3) is 4.31. The second-order valence-electron chi connectivity index (χ2n) is 5.27. The van der Waals surface area contributed by atoms with Crippen LogP contribution in [0.2, 0.25) is 0 Å². The summed E-state index contributed by atoms with van der Waals surface area (Å²) in [5.74, 6) is 0. The smallest absolute Gasteiger partial charge is 0.140 e. The summed E-state index contributed by atoms with van der Waals surface area (Å²) in [4.78, 5) is -1.21. The van der Waals surface area contributed by atoms with Crippen LogP contribution in [0.25, 0.3) is 0 Å². The molecule has 0 spiro atoms. The van der Waals surface area contributed by atoms with Crippen molar-refractivity contribution >= 4 is 12.6 Å². The second kappa shape index (κ2) is 7.81. The second-order valence-corrected chi connectivity index (χ2v) is 6.03. The molecule has 114 valence electrons. The van der Waals surface area contributed by atoms with Gasteiger partial charge in [0, 0.05) is 0 Å². The van der Waals surface area contributed by atoms with Gasteiger partial charge in [-0.05, 0) is 12.8 Å². The number of hydrogen-bond acceptors (Lipinski definition) is 6. The Labute approximate surface area is 120 Å². The predicted octanol–water partition coefficient (Wildman–Crippen LogP) is 0.447. The van der Waals surface area contributed by atoms with Gasteiger partial charge in [-0.25, -0.2) is 0 Å². The van der Waals surface area contributed by atoms with E-state index in [1.165, 1.54) is 6.42 Å². The van der Waals surface area contributed by atoms with Crippen molar-refractivity contribution in [1.82, 2.24) is 0 Å². The first-order valence-corrected chi connectivity index (χ1v) is 7.46. The van der Waals surface area contributed by atoms with Gasteiger partial charge in [-0.15, -0.1) is 12.6 Å². The summed E-state index contributed by atoms with van der Waals surface area (Å²) in [6.45, 7) is 1.72. The number of hydrogen-bond donors (Lipinski definition) is 5. The quantitative estimate of drug-likeness (QED) is 0.347. The molecule has 1 aliphatic rings. The van der Waals surface area contributed by atoms with Crippen LogP contribution in [0.4, 0.5) is 0 Å². The fourth-order valence-corrected chi connectivity index (χ4v) is 2.86. The highest BCUT2D eigenvalue weighted by atomic mass is 32.1. The van der Waals surface area contributed by atoms with Crippen molar-refractivity contribution in [2.45, 2.75) is 74.8 Å². The Bertz CT molecular complexity index is 263. The van der Waals surface area contributed by atoms with Crippen molar-refractivity contribution in [2.75, 3.05) is 6.61 Å². The first-order valence-electron chi connectivity index (χ1n) is 7.01. The molecule has 0 bridgehead atoms. The van der Waals surface area contributed by atoms with E-state index in [1.54, 1.807) is 0 Å². The Hall–Kier alpha value is 0.150. The minimum atomic E-state index is -1.35. The highest BCUT2D eigenvalue weighted by Crippen LogP contribution is 2.37. The molecule has 0 aromatic rings. The Morgan fingerprint density at radius 3 is 2.26 bits per heavy atom. The topological polar surface area (TPSA) is 90.2 Å². The maximum Gasteiger partial charge on any atom is 0.140 e. The molecule has 0 radical (unpaired) electrons. The number of aliphatic hydroxyl groups is 4. The molecular formula is C13H26O5S. The fraction of sp³-hybridized carbons (Fsp3) is 1.00. The van der Waals surface area contributed by atoms with Crippen LogP contribution in [0.15, 0.2) is 0 Å². The molecular weight excluding hydrogens is 268 g/mol. The van der Waals surface area contributed by atoms with Crippen LogP contribution in [-0.2, 0) is 4.74 Å². The average molecular weight is 294 g/mol. The molecule has 1 aliphatic heterocycles. The monoisotopic (exact) mass is 294 g/mol.